The first kappa shape index (κ1) is 19.3. The number of morpholine rings is 1. The second-order valence-corrected chi connectivity index (χ2v) is 8.55. The molecule has 3 heterocycles. The molecule has 2 atom stereocenters. The summed E-state index contributed by atoms with van der Waals surface area (Å²) in [6.45, 7) is 7.68. The molecule has 0 radical (unpaired) electrons. The standard InChI is InChI=1S/C23H29N5O2/c1-4-23(9-10-23)30-15-7-8-19-18(11-15)22(27-26-19)20(24-2)12-21(25-3)28-13-16-5-6-17(14-28)29-16/h7-8,11-12,16-17H,3-6,9-10,13-14H2,1-2H3,(H,26,27)/b21-12+,24-20?. The SMILES string of the molecule is C=N/C(=C\C(=NC)c1n[nH]c2ccc(OC3(CC)CC3)cc12)N1CC2CCC(C1)O2. The van der Waals surface area contributed by atoms with Gasteiger partial charge in [0.2, 0.25) is 0 Å². The van der Waals surface area contributed by atoms with E-state index in [4.69, 9.17) is 9.47 Å². The van der Waals surface area contributed by atoms with Gasteiger partial charge >= 0.3 is 0 Å². The number of allylic oxidation sites excluding steroid dienone is 1. The molecule has 2 aromatic rings. The van der Waals surface area contributed by atoms with Gasteiger partial charge < -0.3 is 14.4 Å². The summed E-state index contributed by atoms with van der Waals surface area (Å²) in [4.78, 5) is 11.1. The van der Waals surface area contributed by atoms with Gasteiger partial charge in [0.1, 0.15) is 22.9 Å². The highest BCUT2D eigenvalue weighted by molar-refractivity contribution is 6.15. The molecule has 2 unspecified atom stereocenters. The molecule has 7 heteroatoms. The number of aromatic nitrogens is 2. The number of H-pyrrole nitrogens is 1. The van der Waals surface area contributed by atoms with Crippen molar-refractivity contribution in [2.75, 3.05) is 20.1 Å². The van der Waals surface area contributed by atoms with Crippen molar-refractivity contribution in [1.29, 1.82) is 0 Å². The van der Waals surface area contributed by atoms with Gasteiger partial charge in [0.25, 0.3) is 0 Å². The molecule has 3 aliphatic rings. The van der Waals surface area contributed by atoms with Crippen molar-refractivity contribution in [1.82, 2.24) is 15.1 Å². The van der Waals surface area contributed by atoms with E-state index in [0.717, 1.165) is 79.1 Å². The Labute approximate surface area is 176 Å². The zero-order valence-electron chi connectivity index (χ0n) is 17.7. The molecule has 7 nitrogen and oxygen atoms in total. The number of likely N-dealkylation sites (tertiary alicyclic amines) is 1. The van der Waals surface area contributed by atoms with Crippen LogP contribution in [0.4, 0.5) is 0 Å². The van der Waals surface area contributed by atoms with Crippen molar-refractivity contribution in [2.45, 2.75) is 56.8 Å². The van der Waals surface area contributed by atoms with Crippen molar-refractivity contribution in [3.8, 4) is 5.75 Å². The Hall–Kier alpha value is -2.67. The highest BCUT2D eigenvalue weighted by atomic mass is 16.5. The van der Waals surface area contributed by atoms with Gasteiger partial charge in [0.05, 0.1) is 23.4 Å². The smallest absolute Gasteiger partial charge is 0.130 e. The average Bonchev–Trinajstić information content (AvgIpc) is 3.29. The number of nitrogens with one attached hydrogen (secondary N) is 1. The number of hydrogen-bond acceptors (Lipinski definition) is 6. The van der Waals surface area contributed by atoms with Gasteiger partial charge in [-0.15, -0.1) is 0 Å². The summed E-state index contributed by atoms with van der Waals surface area (Å²) in [5.41, 5.74) is 2.56. The van der Waals surface area contributed by atoms with E-state index in [-0.39, 0.29) is 17.8 Å². The summed E-state index contributed by atoms with van der Waals surface area (Å²) in [6, 6.07) is 6.11. The number of hydrogen-bond donors (Lipinski definition) is 1. The Bertz CT molecular complexity index is 1010. The molecule has 2 saturated heterocycles. The number of nitrogens with zero attached hydrogens (tertiary/aromatic N) is 4. The summed E-state index contributed by atoms with van der Waals surface area (Å²) >= 11 is 0. The molecule has 1 aliphatic carbocycles. The minimum Gasteiger partial charge on any atom is -0.487 e. The molecule has 30 heavy (non-hydrogen) atoms. The molecular weight excluding hydrogens is 378 g/mol. The summed E-state index contributed by atoms with van der Waals surface area (Å²) in [7, 11) is 1.78. The molecule has 1 aromatic carbocycles. The minimum absolute atomic E-state index is 0.0226. The number of aromatic amines is 1. The van der Waals surface area contributed by atoms with E-state index < -0.39 is 0 Å². The van der Waals surface area contributed by atoms with Crippen LogP contribution in [0, 0.1) is 0 Å². The van der Waals surface area contributed by atoms with Gasteiger partial charge in [-0.3, -0.25) is 10.1 Å². The zero-order valence-corrected chi connectivity index (χ0v) is 17.7. The highest BCUT2D eigenvalue weighted by Crippen LogP contribution is 2.43. The maximum Gasteiger partial charge on any atom is 0.130 e. The lowest BCUT2D eigenvalue weighted by Crippen LogP contribution is -2.41. The van der Waals surface area contributed by atoms with Crippen LogP contribution in [0.5, 0.6) is 5.75 Å². The monoisotopic (exact) mass is 407 g/mol. The lowest BCUT2D eigenvalue weighted by molar-refractivity contribution is -0.0269. The van der Waals surface area contributed by atoms with Crippen LogP contribution in [0.15, 0.2) is 40.1 Å². The first-order valence-corrected chi connectivity index (χ1v) is 10.9. The van der Waals surface area contributed by atoms with Crippen LogP contribution in [0.1, 0.15) is 44.7 Å². The highest BCUT2D eigenvalue weighted by Gasteiger charge is 2.43. The first-order chi connectivity index (χ1) is 14.6. The molecular formula is C23H29N5O2. The average molecular weight is 408 g/mol. The maximum absolute atomic E-state index is 6.29. The molecule has 1 aromatic heterocycles. The second kappa shape index (κ2) is 7.54. The van der Waals surface area contributed by atoms with E-state index in [1.807, 2.05) is 18.2 Å². The van der Waals surface area contributed by atoms with Gasteiger partial charge in [-0.05, 0) is 57.0 Å². The summed E-state index contributed by atoms with van der Waals surface area (Å²) in [6.07, 6.45) is 8.07. The minimum atomic E-state index is 0.0226. The zero-order chi connectivity index (χ0) is 20.7. The molecule has 158 valence electrons. The fourth-order valence-electron chi connectivity index (χ4n) is 4.57. The van der Waals surface area contributed by atoms with Crippen LogP contribution in [-0.4, -0.2) is 65.5 Å². The number of benzene rings is 1. The third-order valence-electron chi connectivity index (χ3n) is 6.60. The lowest BCUT2D eigenvalue weighted by atomic mass is 10.1. The van der Waals surface area contributed by atoms with E-state index >= 15 is 0 Å². The molecule has 5 rings (SSSR count). The van der Waals surface area contributed by atoms with Crippen molar-refractivity contribution >= 4 is 23.3 Å². The van der Waals surface area contributed by atoms with Gasteiger partial charge in [0, 0.05) is 31.6 Å². The third kappa shape index (κ3) is 3.51. The summed E-state index contributed by atoms with van der Waals surface area (Å²) < 4.78 is 12.2. The molecule has 0 amide bonds. The number of rotatable bonds is 7. The number of aliphatic imine (C=N–C) groups is 2. The van der Waals surface area contributed by atoms with E-state index in [1.54, 1.807) is 7.05 Å². The van der Waals surface area contributed by atoms with Gasteiger partial charge in [-0.1, -0.05) is 6.92 Å². The molecule has 1 saturated carbocycles. The van der Waals surface area contributed by atoms with Gasteiger partial charge in [-0.2, -0.15) is 5.10 Å². The van der Waals surface area contributed by atoms with Crippen LogP contribution < -0.4 is 4.74 Å². The molecule has 2 bridgehead atoms. The van der Waals surface area contributed by atoms with Crippen molar-refractivity contribution in [3.05, 3.63) is 35.8 Å². The van der Waals surface area contributed by atoms with E-state index in [2.05, 4.69) is 44.8 Å². The van der Waals surface area contributed by atoms with Gasteiger partial charge in [0.15, 0.2) is 0 Å². The molecule has 2 aliphatic heterocycles. The normalized spacial score (nSPS) is 25.6. The van der Waals surface area contributed by atoms with E-state index in [0.29, 0.717) is 0 Å². The Morgan fingerprint density at radius 3 is 2.77 bits per heavy atom. The topological polar surface area (TPSA) is 75.1 Å². The number of fused-ring (bicyclic) bond motifs is 3. The predicted molar refractivity (Wildman–Crippen MR) is 119 cm³/mol. The van der Waals surface area contributed by atoms with Crippen molar-refractivity contribution < 1.29 is 9.47 Å². The van der Waals surface area contributed by atoms with Gasteiger partial charge in [-0.25, -0.2) is 4.99 Å². The van der Waals surface area contributed by atoms with Crippen LogP contribution in [0.2, 0.25) is 0 Å². The third-order valence-corrected chi connectivity index (χ3v) is 6.60. The molecule has 3 fully saturated rings. The summed E-state index contributed by atoms with van der Waals surface area (Å²) in [5, 5.41) is 8.68. The summed E-state index contributed by atoms with van der Waals surface area (Å²) in [5.74, 6) is 1.71. The van der Waals surface area contributed by atoms with Crippen LogP contribution in [0.25, 0.3) is 10.9 Å². The van der Waals surface area contributed by atoms with Crippen LogP contribution in [0.3, 0.4) is 0 Å². The Morgan fingerprint density at radius 2 is 2.13 bits per heavy atom. The second-order valence-electron chi connectivity index (χ2n) is 8.55. The van der Waals surface area contributed by atoms with Crippen LogP contribution in [-0.2, 0) is 4.74 Å². The first-order valence-electron chi connectivity index (χ1n) is 10.9. The van der Waals surface area contributed by atoms with Crippen molar-refractivity contribution in [2.24, 2.45) is 9.98 Å². The van der Waals surface area contributed by atoms with Crippen molar-refractivity contribution in [3.63, 3.8) is 0 Å². The predicted octanol–water partition coefficient (Wildman–Crippen LogP) is 3.71. The fourth-order valence-corrected chi connectivity index (χ4v) is 4.57. The molecule has 1 N–H and O–H groups in total. The Balaban J connectivity index is 1.45. The Kier molecular flexibility index (Phi) is 4.85. The van der Waals surface area contributed by atoms with E-state index in [1.165, 1.54) is 0 Å². The maximum atomic E-state index is 6.29. The lowest BCUT2D eigenvalue weighted by Gasteiger charge is -2.33. The fraction of sp³-hybridized carbons (Fsp3) is 0.522. The number of ether oxygens (including phenoxy) is 2. The van der Waals surface area contributed by atoms with E-state index in [9.17, 15) is 0 Å². The quantitative estimate of drug-likeness (QED) is 0.710. The Morgan fingerprint density at radius 1 is 1.37 bits per heavy atom. The molecule has 0 spiro atoms. The van der Waals surface area contributed by atoms with Crippen LogP contribution >= 0.6 is 0 Å². The largest absolute Gasteiger partial charge is 0.487 e.